The second-order valence-corrected chi connectivity index (χ2v) is 19.9. The first-order valence-electron chi connectivity index (χ1n) is 29.8. The number of ether oxygens (including phenoxy) is 3. The highest BCUT2D eigenvalue weighted by atomic mass is 16.6. The molecule has 0 saturated carbocycles. The van der Waals surface area contributed by atoms with Crippen molar-refractivity contribution in [2.45, 2.75) is 309 Å². The van der Waals surface area contributed by atoms with Crippen LogP contribution in [0.2, 0.25) is 0 Å². The van der Waals surface area contributed by atoms with Crippen molar-refractivity contribution in [1.29, 1.82) is 0 Å². The van der Waals surface area contributed by atoms with Crippen molar-refractivity contribution < 1.29 is 28.6 Å². The first kappa shape index (κ1) is 66.1. The molecule has 0 aliphatic rings. The number of rotatable bonds is 54. The molecule has 6 nitrogen and oxygen atoms in total. The van der Waals surface area contributed by atoms with Crippen LogP contribution in [0.25, 0.3) is 0 Å². The molecule has 0 aromatic rings. The van der Waals surface area contributed by atoms with Crippen LogP contribution in [0.15, 0.2) is 60.8 Å². The van der Waals surface area contributed by atoms with E-state index in [1.165, 1.54) is 161 Å². The van der Waals surface area contributed by atoms with E-state index in [0.717, 1.165) is 96.3 Å². The van der Waals surface area contributed by atoms with E-state index < -0.39 is 6.10 Å². The number of carbonyl (C=O) groups is 3. The topological polar surface area (TPSA) is 78.9 Å². The summed E-state index contributed by atoms with van der Waals surface area (Å²) < 4.78 is 16.8. The minimum Gasteiger partial charge on any atom is -0.462 e. The van der Waals surface area contributed by atoms with Gasteiger partial charge in [0.05, 0.1) is 0 Å². The van der Waals surface area contributed by atoms with Gasteiger partial charge in [-0.05, 0) is 77.0 Å². The number of hydrogen-bond acceptors (Lipinski definition) is 6. The molecule has 6 heteroatoms. The molecule has 400 valence electrons. The van der Waals surface area contributed by atoms with Crippen molar-refractivity contribution in [3.63, 3.8) is 0 Å². The number of carbonyl (C=O) groups excluding carboxylic acids is 3. The van der Waals surface area contributed by atoms with Gasteiger partial charge in [-0.3, -0.25) is 14.4 Å². The Kier molecular flexibility index (Phi) is 55.3. The largest absolute Gasteiger partial charge is 0.462 e. The van der Waals surface area contributed by atoms with Crippen LogP contribution in [0.5, 0.6) is 0 Å². The van der Waals surface area contributed by atoms with Crippen LogP contribution in [-0.2, 0) is 28.6 Å². The van der Waals surface area contributed by atoms with Gasteiger partial charge in [-0.2, -0.15) is 0 Å². The lowest BCUT2D eigenvalue weighted by atomic mass is 10.0. The normalized spacial score (nSPS) is 12.4. The number of esters is 3. The van der Waals surface area contributed by atoms with Crippen molar-refractivity contribution in [2.75, 3.05) is 13.2 Å². The van der Waals surface area contributed by atoms with Crippen LogP contribution in [0.3, 0.4) is 0 Å². The Balaban J connectivity index is 4.20. The summed E-state index contributed by atoms with van der Waals surface area (Å²) >= 11 is 0. The minimum atomic E-state index is -0.797. The Hall–Kier alpha value is -2.89. The summed E-state index contributed by atoms with van der Waals surface area (Å²) in [6.45, 7) is 6.45. The monoisotopic (exact) mass is 965 g/mol. The molecule has 0 spiro atoms. The van der Waals surface area contributed by atoms with E-state index in [2.05, 4.69) is 81.5 Å². The third-order valence-corrected chi connectivity index (χ3v) is 13.0. The summed E-state index contributed by atoms with van der Waals surface area (Å²) in [5.41, 5.74) is 0. The van der Waals surface area contributed by atoms with Gasteiger partial charge in [-0.15, -0.1) is 0 Å². The van der Waals surface area contributed by atoms with Gasteiger partial charge in [-0.25, -0.2) is 0 Å². The van der Waals surface area contributed by atoms with Crippen molar-refractivity contribution in [2.24, 2.45) is 0 Å². The summed E-state index contributed by atoms with van der Waals surface area (Å²) in [6, 6.07) is 0. The van der Waals surface area contributed by atoms with Gasteiger partial charge in [0.25, 0.3) is 0 Å². The molecule has 0 fully saturated rings. The number of hydrogen-bond donors (Lipinski definition) is 0. The SMILES string of the molecule is CC/C=C\C/C=C\C/C=C\C/C=C\CCCCC(=O)OC(COC(=O)CCCCCCC/C=C\CCC)COC(=O)CCCCCCCCCCCCCCCCCCCCCCCCCCCC. The highest BCUT2D eigenvalue weighted by molar-refractivity contribution is 5.71. The molecule has 0 saturated heterocycles. The third kappa shape index (κ3) is 55.9. The molecule has 0 aliphatic heterocycles. The van der Waals surface area contributed by atoms with Crippen LogP contribution in [0, 0.1) is 0 Å². The fourth-order valence-corrected chi connectivity index (χ4v) is 8.56. The fraction of sp³-hybridized carbons (Fsp3) is 0.794. The van der Waals surface area contributed by atoms with Crippen LogP contribution in [0.4, 0.5) is 0 Å². The standard InChI is InChI=1S/C63H112O6/c1-4-7-10-13-16-19-22-24-26-27-28-29-30-31-32-33-34-35-36-38-39-41-44-47-50-53-56-62(65)68-59-60(58-67-61(64)55-52-49-46-43-21-18-15-12-9-6-3)69-63(66)57-54-51-48-45-42-40-37-25-23-20-17-14-11-8-5-2/h8,11-12,15,17,20,25,37,42,45,60H,4-7,9-10,13-14,16,18-19,21-24,26-36,38-41,43-44,46-59H2,1-3H3/b11-8-,15-12-,20-17-,37-25-,45-42-. The van der Waals surface area contributed by atoms with Crippen molar-refractivity contribution in [1.82, 2.24) is 0 Å². The summed E-state index contributed by atoms with van der Waals surface area (Å²) in [5, 5.41) is 0. The molecule has 1 atom stereocenters. The Morgan fingerprint density at radius 1 is 0.304 bits per heavy atom. The van der Waals surface area contributed by atoms with Gasteiger partial charge in [-0.1, -0.05) is 268 Å². The van der Waals surface area contributed by atoms with E-state index in [9.17, 15) is 14.4 Å². The zero-order valence-electron chi connectivity index (χ0n) is 45.8. The Labute approximate surface area is 428 Å². The molecular formula is C63H112O6. The summed E-state index contributed by atoms with van der Waals surface area (Å²) in [4.78, 5) is 38.0. The molecule has 0 radical (unpaired) electrons. The average Bonchev–Trinajstić information content (AvgIpc) is 3.35. The lowest BCUT2D eigenvalue weighted by Crippen LogP contribution is -2.30. The van der Waals surface area contributed by atoms with Gasteiger partial charge in [0, 0.05) is 19.3 Å². The van der Waals surface area contributed by atoms with E-state index in [1.54, 1.807) is 0 Å². The molecule has 0 amide bonds. The average molecular weight is 966 g/mol. The smallest absolute Gasteiger partial charge is 0.306 e. The van der Waals surface area contributed by atoms with Crippen LogP contribution in [0.1, 0.15) is 303 Å². The lowest BCUT2D eigenvalue weighted by Gasteiger charge is -2.18. The molecule has 0 aliphatic carbocycles. The highest BCUT2D eigenvalue weighted by Crippen LogP contribution is 2.17. The highest BCUT2D eigenvalue weighted by Gasteiger charge is 2.19. The second kappa shape index (κ2) is 57.7. The van der Waals surface area contributed by atoms with Crippen LogP contribution in [-0.4, -0.2) is 37.2 Å². The molecule has 69 heavy (non-hydrogen) atoms. The predicted octanol–water partition coefficient (Wildman–Crippen LogP) is 20.0. The van der Waals surface area contributed by atoms with Gasteiger partial charge in [0.1, 0.15) is 13.2 Å². The summed E-state index contributed by atoms with van der Waals surface area (Å²) in [6.07, 6.45) is 72.5. The molecule has 0 bridgehead atoms. The maximum absolute atomic E-state index is 12.8. The Morgan fingerprint density at radius 2 is 0.594 bits per heavy atom. The van der Waals surface area contributed by atoms with E-state index in [0.29, 0.717) is 19.3 Å². The first-order valence-corrected chi connectivity index (χ1v) is 29.8. The van der Waals surface area contributed by atoms with Crippen molar-refractivity contribution in [3.05, 3.63) is 60.8 Å². The minimum absolute atomic E-state index is 0.0913. The summed E-state index contributed by atoms with van der Waals surface area (Å²) in [7, 11) is 0. The second-order valence-electron chi connectivity index (χ2n) is 19.9. The quantitative estimate of drug-likeness (QED) is 0.0262. The van der Waals surface area contributed by atoms with E-state index in [-0.39, 0.29) is 37.5 Å². The van der Waals surface area contributed by atoms with E-state index in [1.807, 2.05) is 0 Å². The van der Waals surface area contributed by atoms with Gasteiger partial charge in [0.15, 0.2) is 6.10 Å². The third-order valence-electron chi connectivity index (χ3n) is 13.0. The molecular weight excluding hydrogens is 853 g/mol. The van der Waals surface area contributed by atoms with E-state index >= 15 is 0 Å². The molecule has 0 rings (SSSR count). The maximum Gasteiger partial charge on any atom is 0.306 e. The number of allylic oxidation sites excluding steroid dienone is 10. The van der Waals surface area contributed by atoms with E-state index in [4.69, 9.17) is 14.2 Å². The summed E-state index contributed by atoms with van der Waals surface area (Å²) in [5.74, 6) is -0.934. The van der Waals surface area contributed by atoms with Crippen LogP contribution >= 0.6 is 0 Å². The molecule has 1 unspecified atom stereocenters. The first-order chi connectivity index (χ1) is 34.0. The zero-order chi connectivity index (χ0) is 50.0. The molecule has 0 aromatic carbocycles. The van der Waals surface area contributed by atoms with Crippen molar-refractivity contribution in [3.8, 4) is 0 Å². The van der Waals surface area contributed by atoms with Gasteiger partial charge >= 0.3 is 17.9 Å². The fourth-order valence-electron chi connectivity index (χ4n) is 8.56. The number of unbranched alkanes of at least 4 members (excludes halogenated alkanes) is 33. The maximum atomic E-state index is 12.8. The Bertz CT molecular complexity index is 1250. The molecule has 0 aromatic heterocycles. The van der Waals surface area contributed by atoms with Gasteiger partial charge < -0.3 is 14.2 Å². The Morgan fingerprint density at radius 3 is 0.986 bits per heavy atom. The molecule has 0 N–H and O–H groups in total. The lowest BCUT2D eigenvalue weighted by molar-refractivity contribution is -0.167. The molecule has 0 heterocycles. The van der Waals surface area contributed by atoms with Crippen LogP contribution < -0.4 is 0 Å². The van der Waals surface area contributed by atoms with Crippen molar-refractivity contribution >= 4 is 17.9 Å². The van der Waals surface area contributed by atoms with Gasteiger partial charge in [0.2, 0.25) is 0 Å². The predicted molar refractivity (Wildman–Crippen MR) is 298 cm³/mol. The zero-order valence-corrected chi connectivity index (χ0v) is 45.8.